The lowest BCUT2D eigenvalue weighted by Crippen LogP contribution is -2.26. The van der Waals surface area contributed by atoms with Crippen LogP contribution >= 0.6 is 0 Å². The average molecular weight is 246 g/mol. The van der Waals surface area contributed by atoms with E-state index in [2.05, 4.69) is 0 Å². The first-order chi connectivity index (χ1) is 7.38. The molecule has 0 bridgehead atoms. The highest BCUT2D eigenvalue weighted by Crippen LogP contribution is 2.22. The van der Waals surface area contributed by atoms with Crippen LogP contribution in [-0.2, 0) is 9.84 Å². The molecule has 90 valence electrons. The van der Waals surface area contributed by atoms with Gasteiger partial charge in [0.05, 0.1) is 11.4 Å². The van der Waals surface area contributed by atoms with Gasteiger partial charge < -0.3 is 5.11 Å². The molecule has 0 amide bonds. The van der Waals surface area contributed by atoms with Gasteiger partial charge >= 0.3 is 0 Å². The summed E-state index contributed by atoms with van der Waals surface area (Å²) >= 11 is 0. The summed E-state index contributed by atoms with van der Waals surface area (Å²) < 4.78 is 36.0. The second-order valence-electron chi connectivity index (χ2n) is 3.66. The van der Waals surface area contributed by atoms with Gasteiger partial charge in [-0.25, -0.2) is 12.8 Å². The molecule has 0 fully saturated rings. The van der Waals surface area contributed by atoms with Crippen molar-refractivity contribution < 1.29 is 17.9 Å². The van der Waals surface area contributed by atoms with Crippen molar-refractivity contribution in [1.82, 2.24) is 0 Å². The zero-order chi connectivity index (χ0) is 12.3. The molecule has 0 aliphatic heterocycles. The Kier molecular flexibility index (Phi) is 4.04. The Bertz CT molecular complexity index is 456. The fourth-order valence-electron chi connectivity index (χ4n) is 1.42. The monoisotopic (exact) mass is 246 g/mol. The molecule has 0 saturated carbocycles. The maximum atomic E-state index is 12.9. The van der Waals surface area contributed by atoms with Crippen LogP contribution in [0.4, 0.5) is 4.39 Å². The van der Waals surface area contributed by atoms with E-state index in [4.69, 9.17) is 0 Å². The largest absolute Gasteiger partial charge is 0.387 e. The Morgan fingerprint density at radius 2 is 2.06 bits per heavy atom. The van der Waals surface area contributed by atoms with E-state index < -0.39 is 27.0 Å². The van der Waals surface area contributed by atoms with Gasteiger partial charge in [-0.3, -0.25) is 0 Å². The van der Waals surface area contributed by atoms with E-state index >= 15 is 0 Å². The molecule has 0 aliphatic carbocycles. The molecule has 1 aromatic rings. The van der Waals surface area contributed by atoms with E-state index in [1.54, 1.807) is 0 Å². The van der Waals surface area contributed by atoms with Gasteiger partial charge in [0, 0.05) is 5.75 Å². The fourth-order valence-corrected chi connectivity index (χ4v) is 2.50. The second-order valence-corrected chi connectivity index (χ2v) is 6.30. The summed E-state index contributed by atoms with van der Waals surface area (Å²) in [6.45, 7) is 2.94. The van der Waals surface area contributed by atoms with Crippen LogP contribution in [0.1, 0.15) is 25.5 Å². The molecule has 1 N–H and O–H groups in total. The Hall–Kier alpha value is -0.940. The highest BCUT2D eigenvalue weighted by molar-refractivity contribution is 7.92. The van der Waals surface area contributed by atoms with Gasteiger partial charge in [-0.05, 0) is 24.6 Å². The number of hydrogen-bond acceptors (Lipinski definition) is 3. The van der Waals surface area contributed by atoms with Crippen molar-refractivity contribution in [3.8, 4) is 0 Å². The van der Waals surface area contributed by atoms with Crippen molar-refractivity contribution in [2.75, 3.05) is 5.75 Å². The normalized spacial score (nSPS) is 15.8. The highest BCUT2D eigenvalue weighted by atomic mass is 32.2. The Labute approximate surface area is 94.8 Å². The maximum absolute atomic E-state index is 12.9. The van der Waals surface area contributed by atoms with Crippen LogP contribution in [0.25, 0.3) is 0 Å². The first-order valence-electron chi connectivity index (χ1n) is 5.03. The van der Waals surface area contributed by atoms with E-state index in [-0.39, 0.29) is 11.3 Å². The van der Waals surface area contributed by atoms with E-state index in [9.17, 15) is 17.9 Å². The molecular formula is C11H15FO3S. The lowest BCUT2D eigenvalue weighted by atomic mass is 10.1. The minimum atomic E-state index is -3.33. The van der Waals surface area contributed by atoms with Crippen LogP contribution in [0, 0.1) is 5.82 Å². The summed E-state index contributed by atoms with van der Waals surface area (Å²) in [5, 5.41) is 8.90. The van der Waals surface area contributed by atoms with Gasteiger partial charge in [-0.15, -0.1) is 0 Å². The number of aliphatic hydroxyl groups excluding tert-OH is 1. The van der Waals surface area contributed by atoms with Crippen LogP contribution in [0.3, 0.4) is 0 Å². The lowest BCUT2D eigenvalue weighted by Gasteiger charge is -2.18. The summed E-state index contributed by atoms with van der Waals surface area (Å²) in [5.74, 6) is -0.529. The summed E-state index contributed by atoms with van der Waals surface area (Å²) in [4.78, 5) is 0. The number of benzene rings is 1. The lowest BCUT2D eigenvalue weighted by molar-refractivity contribution is 0.175. The van der Waals surface area contributed by atoms with Crippen molar-refractivity contribution in [3.63, 3.8) is 0 Å². The topological polar surface area (TPSA) is 54.4 Å². The summed E-state index contributed by atoms with van der Waals surface area (Å²) in [5.41, 5.74) is 0.282. The zero-order valence-corrected chi connectivity index (χ0v) is 10.0. The molecule has 0 aromatic heterocycles. The highest BCUT2D eigenvalue weighted by Gasteiger charge is 2.27. The first kappa shape index (κ1) is 13.1. The second kappa shape index (κ2) is 4.93. The predicted octanol–water partition coefficient (Wildman–Crippen LogP) is 1.68. The molecular weight excluding hydrogens is 231 g/mol. The molecule has 0 radical (unpaired) electrons. The van der Waals surface area contributed by atoms with Crippen molar-refractivity contribution in [3.05, 3.63) is 35.6 Å². The number of halogens is 1. The molecule has 3 nitrogen and oxygen atoms in total. The van der Waals surface area contributed by atoms with Crippen molar-refractivity contribution in [2.24, 2.45) is 0 Å². The van der Waals surface area contributed by atoms with E-state index in [1.165, 1.54) is 32.0 Å². The quantitative estimate of drug-likeness (QED) is 0.879. The molecule has 0 heterocycles. The van der Waals surface area contributed by atoms with Gasteiger partial charge in [0.25, 0.3) is 0 Å². The number of rotatable bonds is 4. The molecule has 0 aliphatic rings. The molecule has 1 rings (SSSR count). The minimum absolute atomic E-state index is 0.0411. The van der Waals surface area contributed by atoms with Crippen LogP contribution < -0.4 is 0 Å². The average Bonchev–Trinajstić information content (AvgIpc) is 2.27. The van der Waals surface area contributed by atoms with Crippen LogP contribution in [0.2, 0.25) is 0 Å². The van der Waals surface area contributed by atoms with Gasteiger partial charge in [0.15, 0.2) is 9.84 Å². The van der Waals surface area contributed by atoms with Crippen LogP contribution in [-0.4, -0.2) is 24.5 Å². The SMILES string of the molecule is CCS(=O)(=O)C(C)C(O)c1cccc(F)c1. The third-order valence-electron chi connectivity index (χ3n) is 2.60. The van der Waals surface area contributed by atoms with E-state index in [0.29, 0.717) is 0 Å². The Balaban J connectivity index is 2.99. The number of hydrogen-bond donors (Lipinski definition) is 1. The Morgan fingerprint density at radius 1 is 1.44 bits per heavy atom. The maximum Gasteiger partial charge on any atom is 0.155 e. The number of sulfone groups is 1. The Morgan fingerprint density at radius 3 is 2.56 bits per heavy atom. The summed E-state index contributed by atoms with van der Waals surface area (Å²) in [6.07, 6.45) is -1.19. The molecule has 5 heteroatoms. The number of aliphatic hydroxyl groups is 1. The molecule has 1 aromatic carbocycles. The third-order valence-corrected chi connectivity index (χ3v) is 4.80. The third kappa shape index (κ3) is 2.80. The van der Waals surface area contributed by atoms with Gasteiger partial charge in [0.2, 0.25) is 0 Å². The van der Waals surface area contributed by atoms with Gasteiger partial charge in [0.1, 0.15) is 5.82 Å². The molecule has 2 atom stereocenters. The zero-order valence-electron chi connectivity index (χ0n) is 9.22. The first-order valence-corrected chi connectivity index (χ1v) is 6.75. The van der Waals surface area contributed by atoms with Crippen molar-refractivity contribution >= 4 is 9.84 Å². The van der Waals surface area contributed by atoms with Crippen LogP contribution in [0.15, 0.2) is 24.3 Å². The van der Waals surface area contributed by atoms with Gasteiger partial charge in [-0.2, -0.15) is 0 Å². The van der Waals surface area contributed by atoms with E-state index in [1.807, 2.05) is 0 Å². The van der Waals surface area contributed by atoms with Gasteiger partial charge in [-0.1, -0.05) is 19.1 Å². The van der Waals surface area contributed by atoms with Crippen molar-refractivity contribution in [1.29, 1.82) is 0 Å². The summed E-state index contributed by atoms with van der Waals surface area (Å²) in [6, 6.07) is 5.34. The van der Waals surface area contributed by atoms with Crippen LogP contribution in [0.5, 0.6) is 0 Å². The molecule has 16 heavy (non-hydrogen) atoms. The molecule has 0 saturated heterocycles. The predicted molar refractivity (Wildman–Crippen MR) is 60.3 cm³/mol. The minimum Gasteiger partial charge on any atom is -0.387 e. The van der Waals surface area contributed by atoms with Crippen molar-refractivity contribution in [2.45, 2.75) is 25.2 Å². The smallest absolute Gasteiger partial charge is 0.155 e. The van der Waals surface area contributed by atoms with E-state index in [0.717, 1.165) is 6.07 Å². The summed E-state index contributed by atoms with van der Waals surface area (Å²) in [7, 11) is -3.33. The fraction of sp³-hybridized carbons (Fsp3) is 0.455. The standard InChI is InChI=1S/C11H15FO3S/c1-3-16(14,15)8(2)11(13)9-5-4-6-10(12)7-9/h4-8,11,13H,3H2,1-2H3. The molecule has 2 unspecified atom stereocenters. The molecule has 0 spiro atoms.